The molecule has 2 N–H and O–H groups in total. The van der Waals surface area contributed by atoms with Gasteiger partial charge in [-0.15, -0.1) is 11.3 Å². The fourth-order valence-electron chi connectivity index (χ4n) is 1.55. The van der Waals surface area contributed by atoms with Crippen molar-refractivity contribution in [2.75, 3.05) is 6.54 Å². The van der Waals surface area contributed by atoms with Crippen LogP contribution in [-0.4, -0.2) is 29.6 Å². The summed E-state index contributed by atoms with van der Waals surface area (Å²) in [7, 11) is -1.89. The maximum Gasteiger partial charge on any atom is 0.259 e. The van der Waals surface area contributed by atoms with Crippen LogP contribution in [0.1, 0.15) is 17.4 Å². The van der Waals surface area contributed by atoms with Crippen LogP contribution in [0.3, 0.4) is 0 Å². The Morgan fingerprint density at radius 2 is 2.37 bits per heavy atom. The van der Waals surface area contributed by atoms with Crippen molar-refractivity contribution in [2.45, 2.75) is 17.6 Å². The number of hydrogen-bond donors (Lipinski definition) is 2. The number of imidazole rings is 1. The SMILES string of the molecule is Cn1cnc(S(=O)(=O)NCC[C@@H](O)c2cccs2)c1. The summed E-state index contributed by atoms with van der Waals surface area (Å²) in [4.78, 5) is 4.62. The molecular formula is C11H15N3O3S2. The highest BCUT2D eigenvalue weighted by molar-refractivity contribution is 7.89. The van der Waals surface area contributed by atoms with Gasteiger partial charge in [-0.2, -0.15) is 0 Å². The lowest BCUT2D eigenvalue weighted by Gasteiger charge is -2.09. The van der Waals surface area contributed by atoms with Crippen LogP contribution in [0.15, 0.2) is 35.1 Å². The first kappa shape index (κ1) is 14.2. The molecule has 104 valence electrons. The van der Waals surface area contributed by atoms with Crippen LogP contribution in [-0.2, 0) is 17.1 Å². The Morgan fingerprint density at radius 3 is 2.95 bits per heavy atom. The molecule has 0 aliphatic heterocycles. The van der Waals surface area contributed by atoms with Gasteiger partial charge in [0.15, 0.2) is 5.03 Å². The fraction of sp³-hybridized carbons (Fsp3) is 0.364. The molecule has 1 atom stereocenters. The number of sulfonamides is 1. The predicted molar refractivity (Wildman–Crippen MR) is 72.3 cm³/mol. The van der Waals surface area contributed by atoms with Gasteiger partial charge in [-0.3, -0.25) is 0 Å². The van der Waals surface area contributed by atoms with E-state index in [2.05, 4.69) is 9.71 Å². The van der Waals surface area contributed by atoms with Crippen molar-refractivity contribution in [1.82, 2.24) is 14.3 Å². The highest BCUT2D eigenvalue weighted by Crippen LogP contribution is 2.21. The van der Waals surface area contributed by atoms with Crippen LogP contribution < -0.4 is 4.72 Å². The molecule has 2 rings (SSSR count). The second-order valence-corrected chi connectivity index (χ2v) is 6.79. The highest BCUT2D eigenvalue weighted by Gasteiger charge is 2.17. The maximum absolute atomic E-state index is 11.8. The molecule has 0 fully saturated rings. The van der Waals surface area contributed by atoms with Crippen LogP contribution in [0.2, 0.25) is 0 Å². The van der Waals surface area contributed by atoms with E-state index in [-0.39, 0.29) is 11.6 Å². The van der Waals surface area contributed by atoms with E-state index in [4.69, 9.17) is 0 Å². The van der Waals surface area contributed by atoms with Crippen LogP contribution in [0.5, 0.6) is 0 Å². The number of nitrogens with zero attached hydrogens (tertiary/aromatic N) is 2. The minimum absolute atomic E-state index is 0.0133. The number of rotatable bonds is 6. The summed E-state index contributed by atoms with van der Waals surface area (Å²) < 4.78 is 27.7. The van der Waals surface area contributed by atoms with Crippen molar-refractivity contribution in [2.24, 2.45) is 7.05 Å². The Bertz CT molecular complexity index is 619. The molecule has 0 aliphatic rings. The van der Waals surface area contributed by atoms with E-state index in [1.807, 2.05) is 17.5 Å². The Labute approximate surface area is 115 Å². The normalized spacial score (nSPS) is 13.6. The van der Waals surface area contributed by atoms with E-state index in [9.17, 15) is 13.5 Å². The third-order valence-electron chi connectivity index (χ3n) is 2.54. The lowest BCUT2D eigenvalue weighted by atomic mass is 10.2. The molecular weight excluding hydrogens is 286 g/mol. The molecule has 0 radical (unpaired) electrons. The minimum atomic E-state index is -3.59. The Kier molecular flexibility index (Phi) is 4.35. The highest BCUT2D eigenvalue weighted by atomic mass is 32.2. The molecule has 8 heteroatoms. The first-order valence-electron chi connectivity index (χ1n) is 5.68. The summed E-state index contributed by atoms with van der Waals surface area (Å²) in [6.45, 7) is 0.165. The second-order valence-electron chi connectivity index (χ2n) is 4.10. The first-order valence-corrected chi connectivity index (χ1v) is 8.04. The first-order chi connectivity index (χ1) is 8.99. The second kappa shape index (κ2) is 5.83. The predicted octanol–water partition coefficient (Wildman–Crippen LogP) is 0.884. The molecule has 0 aromatic carbocycles. The van der Waals surface area contributed by atoms with Crippen molar-refractivity contribution in [3.63, 3.8) is 0 Å². The molecule has 0 spiro atoms. The summed E-state index contributed by atoms with van der Waals surface area (Å²) in [5, 5.41) is 11.7. The zero-order valence-electron chi connectivity index (χ0n) is 10.4. The largest absolute Gasteiger partial charge is 0.388 e. The zero-order chi connectivity index (χ0) is 13.9. The smallest absolute Gasteiger partial charge is 0.259 e. The van der Waals surface area contributed by atoms with Crippen molar-refractivity contribution in [1.29, 1.82) is 0 Å². The molecule has 0 amide bonds. The number of aliphatic hydroxyl groups excluding tert-OH is 1. The Morgan fingerprint density at radius 1 is 1.58 bits per heavy atom. The van der Waals surface area contributed by atoms with E-state index in [1.54, 1.807) is 11.6 Å². The summed E-state index contributed by atoms with van der Waals surface area (Å²) in [6, 6.07) is 3.67. The molecule has 0 saturated carbocycles. The van der Waals surface area contributed by atoms with Gasteiger partial charge in [0.2, 0.25) is 0 Å². The third kappa shape index (κ3) is 3.63. The van der Waals surface area contributed by atoms with Gasteiger partial charge in [0, 0.05) is 24.7 Å². The number of thiophene rings is 1. The molecule has 6 nitrogen and oxygen atoms in total. The van der Waals surface area contributed by atoms with Crippen LogP contribution >= 0.6 is 11.3 Å². The third-order valence-corrected chi connectivity index (χ3v) is 4.86. The summed E-state index contributed by atoms with van der Waals surface area (Å²) in [5.41, 5.74) is 0. The van der Waals surface area contributed by atoms with Gasteiger partial charge in [0.1, 0.15) is 0 Å². The molecule has 0 aliphatic carbocycles. The average Bonchev–Trinajstić information content (AvgIpc) is 2.99. The van der Waals surface area contributed by atoms with Crippen LogP contribution in [0, 0.1) is 0 Å². The molecule has 0 saturated heterocycles. The van der Waals surface area contributed by atoms with Crippen LogP contribution in [0.25, 0.3) is 0 Å². The quantitative estimate of drug-likeness (QED) is 0.829. The summed E-state index contributed by atoms with van der Waals surface area (Å²) in [6.07, 6.45) is 2.53. The van der Waals surface area contributed by atoms with Gasteiger partial charge in [-0.25, -0.2) is 18.1 Å². The summed E-state index contributed by atoms with van der Waals surface area (Å²) in [5.74, 6) is 0. The lowest BCUT2D eigenvalue weighted by Crippen LogP contribution is -2.26. The molecule has 0 bridgehead atoms. The van der Waals surface area contributed by atoms with Crippen molar-refractivity contribution in [3.05, 3.63) is 34.9 Å². The van der Waals surface area contributed by atoms with Gasteiger partial charge in [0.05, 0.1) is 12.4 Å². The number of aryl methyl sites for hydroxylation is 1. The number of aliphatic hydroxyl groups is 1. The van der Waals surface area contributed by atoms with Crippen molar-refractivity contribution < 1.29 is 13.5 Å². The van der Waals surface area contributed by atoms with E-state index in [0.717, 1.165) is 4.88 Å². The van der Waals surface area contributed by atoms with E-state index in [1.165, 1.54) is 23.9 Å². The number of hydrogen-bond acceptors (Lipinski definition) is 5. The van der Waals surface area contributed by atoms with Crippen molar-refractivity contribution >= 4 is 21.4 Å². The molecule has 2 aromatic rings. The number of aromatic nitrogens is 2. The van der Waals surface area contributed by atoms with E-state index < -0.39 is 16.1 Å². The fourth-order valence-corrected chi connectivity index (χ4v) is 3.33. The Hall–Kier alpha value is -1.22. The maximum atomic E-state index is 11.8. The van der Waals surface area contributed by atoms with Gasteiger partial charge in [-0.05, 0) is 17.9 Å². The standard InChI is InChI=1S/C11H15N3O3S2/c1-14-7-11(12-8-14)19(16,17)13-5-4-9(15)10-3-2-6-18-10/h2-3,6-9,13,15H,4-5H2,1H3/t9-/m1/s1. The molecule has 0 unspecified atom stereocenters. The lowest BCUT2D eigenvalue weighted by molar-refractivity contribution is 0.173. The topological polar surface area (TPSA) is 84.2 Å². The minimum Gasteiger partial charge on any atom is -0.388 e. The van der Waals surface area contributed by atoms with Gasteiger partial charge < -0.3 is 9.67 Å². The van der Waals surface area contributed by atoms with E-state index >= 15 is 0 Å². The Balaban J connectivity index is 1.89. The van der Waals surface area contributed by atoms with Crippen LogP contribution in [0.4, 0.5) is 0 Å². The molecule has 19 heavy (non-hydrogen) atoms. The zero-order valence-corrected chi connectivity index (χ0v) is 12.0. The molecule has 2 aromatic heterocycles. The monoisotopic (exact) mass is 301 g/mol. The summed E-state index contributed by atoms with van der Waals surface area (Å²) >= 11 is 1.45. The van der Waals surface area contributed by atoms with Gasteiger partial charge >= 0.3 is 0 Å². The number of nitrogens with one attached hydrogen (secondary N) is 1. The van der Waals surface area contributed by atoms with E-state index in [0.29, 0.717) is 6.42 Å². The van der Waals surface area contributed by atoms with Gasteiger partial charge in [0.25, 0.3) is 10.0 Å². The van der Waals surface area contributed by atoms with Crippen molar-refractivity contribution in [3.8, 4) is 0 Å². The average molecular weight is 301 g/mol. The molecule has 2 heterocycles. The van der Waals surface area contributed by atoms with Gasteiger partial charge in [-0.1, -0.05) is 6.07 Å².